The predicted octanol–water partition coefficient (Wildman–Crippen LogP) is 3.25. The zero-order chi connectivity index (χ0) is 15.1. The average molecular weight is 273 g/mol. The Labute approximate surface area is 119 Å². The van der Waals surface area contributed by atoms with Crippen LogP contribution in [0.3, 0.4) is 0 Å². The molecule has 0 fully saturated rings. The van der Waals surface area contributed by atoms with Crippen molar-refractivity contribution in [3.63, 3.8) is 0 Å². The van der Waals surface area contributed by atoms with Gasteiger partial charge in [-0.25, -0.2) is 4.79 Å². The zero-order valence-corrected chi connectivity index (χ0v) is 12.0. The lowest BCUT2D eigenvalue weighted by Crippen LogP contribution is -2.04. The second kappa shape index (κ2) is 7.34. The summed E-state index contributed by atoms with van der Waals surface area (Å²) in [4.78, 5) is 10.6. The molecule has 1 aromatic rings. The third-order valence-corrected chi connectivity index (χ3v) is 3.29. The van der Waals surface area contributed by atoms with Crippen LogP contribution in [-0.2, 0) is 11.2 Å². The molecular formula is C16H19NO3. The Morgan fingerprint density at radius 3 is 2.75 bits per heavy atom. The molecule has 0 aliphatic heterocycles. The van der Waals surface area contributed by atoms with Crippen molar-refractivity contribution < 1.29 is 14.6 Å². The van der Waals surface area contributed by atoms with Gasteiger partial charge in [-0.15, -0.1) is 0 Å². The van der Waals surface area contributed by atoms with Gasteiger partial charge in [0.05, 0.1) is 12.7 Å². The summed E-state index contributed by atoms with van der Waals surface area (Å²) in [6.45, 7) is 4.21. The molecule has 4 heteroatoms. The van der Waals surface area contributed by atoms with Crippen LogP contribution in [0.15, 0.2) is 18.2 Å². The Morgan fingerprint density at radius 2 is 2.25 bits per heavy atom. The number of carbonyl (C=O) groups is 1. The number of methoxy groups -OCH3 is 1. The van der Waals surface area contributed by atoms with Crippen LogP contribution in [0.25, 0.3) is 6.08 Å². The third-order valence-electron chi connectivity index (χ3n) is 3.29. The van der Waals surface area contributed by atoms with Crippen LogP contribution < -0.4 is 4.74 Å². The van der Waals surface area contributed by atoms with Crippen LogP contribution >= 0.6 is 0 Å². The Balaban J connectivity index is 3.33. The number of aliphatic carboxylic acids is 1. The van der Waals surface area contributed by atoms with E-state index in [2.05, 4.69) is 19.9 Å². The van der Waals surface area contributed by atoms with Crippen molar-refractivity contribution >= 4 is 12.0 Å². The Morgan fingerprint density at radius 1 is 1.55 bits per heavy atom. The standard InChI is InChI=1S/C16H19NO3/c1-4-11(2)9-13-14(10-17)12(6-8-16(18)19)5-7-15(13)20-3/h5-8,11H,4,9H2,1-3H3,(H,18,19). The SMILES string of the molecule is CCC(C)Cc1c(OC)ccc(C=CC(=O)O)c1C#N. The number of benzene rings is 1. The molecule has 0 radical (unpaired) electrons. The summed E-state index contributed by atoms with van der Waals surface area (Å²) in [7, 11) is 1.57. The molecule has 1 N–H and O–H groups in total. The maximum absolute atomic E-state index is 10.6. The molecule has 0 saturated heterocycles. The summed E-state index contributed by atoms with van der Waals surface area (Å²) in [5.41, 5.74) is 1.94. The van der Waals surface area contributed by atoms with Gasteiger partial charge in [-0.05, 0) is 36.1 Å². The Bertz CT molecular complexity index is 556. The molecule has 0 aromatic heterocycles. The van der Waals surface area contributed by atoms with Crippen molar-refractivity contribution in [1.29, 1.82) is 5.26 Å². The lowest BCUT2D eigenvalue weighted by atomic mass is 9.92. The fourth-order valence-corrected chi connectivity index (χ4v) is 1.97. The summed E-state index contributed by atoms with van der Waals surface area (Å²) < 4.78 is 5.32. The maximum atomic E-state index is 10.6. The first kappa shape index (κ1) is 15.8. The van der Waals surface area contributed by atoms with Crippen molar-refractivity contribution in [3.05, 3.63) is 34.9 Å². The van der Waals surface area contributed by atoms with Crippen LogP contribution in [-0.4, -0.2) is 18.2 Å². The number of ether oxygens (including phenoxy) is 1. The first-order valence-electron chi connectivity index (χ1n) is 6.54. The van der Waals surface area contributed by atoms with E-state index < -0.39 is 5.97 Å². The minimum absolute atomic E-state index is 0.426. The number of carboxylic acids is 1. The van der Waals surface area contributed by atoms with E-state index in [9.17, 15) is 10.1 Å². The van der Waals surface area contributed by atoms with E-state index in [0.29, 0.717) is 22.8 Å². The number of nitrogens with zero attached hydrogens (tertiary/aromatic N) is 1. The Kier molecular flexibility index (Phi) is 5.79. The highest BCUT2D eigenvalue weighted by Gasteiger charge is 2.15. The molecule has 1 unspecified atom stereocenters. The predicted molar refractivity (Wildman–Crippen MR) is 77.5 cm³/mol. The largest absolute Gasteiger partial charge is 0.496 e. The normalized spacial score (nSPS) is 12.1. The van der Waals surface area contributed by atoms with E-state index >= 15 is 0 Å². The van der Waals surface area contributed by atoms with Gasteiger partial charge in [-0.3, -0.25) is 0 Å². The van der Waals surface area contributed by atoms with Gasteiger partial charge in [0, 0.05) is 11.6 Å². The fraction of sp³-hybridized carbons (Fsp3) is 0.375. The molecule has 106 valence electrons. The molecular weight excluding hydrogens is 254 g/mol. The van der Waals surface area contributed by atoms with Gasteiger partial charge >= 0.3 is 5.97 Å². The molecule has 1 aromatic carbocycles. The average Bonchev–Trinajstić information content (AvgIpc) is 2.44. The van der Waals surface area contributed by atoms with Gasteiger partial charge in [-0.2, -0.15) is 5.26 Å². The van der Waals surface area contributed by atoms with Gasteiger partial charge in [-0.1, -0.05) is 20.3 Å². The summed E-state index contributed by atoms with van der Waals surface area (Å²) in [5.74, 6) is 0.0669. The number of carboxylic acid groups (broad SMARTS) is 1. The summed E-state index contributed by atoms with van der Waals surface area (Å²) in [6.07, 6.45) is 4.22. The van der Waals surface area contributed by atoms with Gasteiger partial charge < -0.3 is 9.84 Å². The first-order valence-corrected chi connectivity index (χ1v) is 6.54. The highest BCUT2D eigenvalue weighted by molar-refractivity contribution is 5.86. The molecule has 0 spiro atoms. The van der Waals surface area contributed by atoms with Crippen LogP contribution in [0.2, 0.25) is 0 Å². The van der Waals surface area contributed by atoms with Crippen molar-refractivity contribution in [2.45, 2.75) is 26.7 Å². The Hall–Kier alpha value is -2.28. The lowest BCUT2D eigenvalue weighted by molar-refractivity contribution is -0.131. The van der Waals surface area contributed by atoms with E-state index in [1.807, 2.05) is 0 Å². The quantitative estimate of drug-likeness (QED) is 0.808. The number of nitriles is 1. The van der Waals surface area contributed by atoms with Crippen LogP contribution in [0.4, 0.5) is 0 Å². The number of rotatable bonds is 6. The summed E-state index contributed by atoms with van der Waals surface area (Å²) in [5, 5.41) is 18.1. The molecule has 0 bridgehead atoms. The van der Waals surface area contributed by atoms with Crippen LogP contribution in [0, 0.1) is 17.2 Å². The van der Waals surface area contributed by atoms with Crippen LogP contribution in [0.5, 0.6) is 5.75 Å². The van der Waals surface area contributed by atoms with E-state index in [-0.39, 0.29) is 0 Å². The zero-order valence-electron chi connectivity index (χ0n) is 12.0. The van der Waals surface area contributed by atoms with Gasteiger partial charge in [0.15, 0.2) is 0 Å². The third kappa shape index (κ3) is 3.86. The molecule has 0 amide bonds. The molecule has 1 rings (SSSR count). The number of hydrogen-bond acceptors (Lipinski definition) is 3. The number of hydrogen-bond donors (Lipinski definition) is 1. The monoisotopic (exact) mass is 273 g/mol. The fourth-order valence-electron chi connectivity index (χ4n) is 1.97. The molecule has 0 heterocycles. The van der Waals surface area contributed by atoms with Crippen molar-refractivity contribution in [2.75, 3.05) is 7.11 Å². The second-order valence-corrected chi connectivity index (χ2v) is 4.71. The first-order chi connectivity index (χ1) is 9.53. The smallest absolute Gasteiger partial charge is 0.328 e. The van der Waals surface area contributed by atoms with Crippen LogP contribution in [0.1, 0.15) is 37.0 Å². The summed E-state index contributed by atoms with van der Waals surface area (Å²) in [6, 6.07) is 5.65. The molecule has 0 saturated carbocycles. The topological polar surface area (TPSA) is 70.3 Å². The van der Waals surface area contributed by atoms with Gasteiger partial charge in [0.25, 0.3) is 0 Å². The molecule has 0 aliphatic carbocycles. The van der Waals surface area contributed by atoms with E-state index in [1.165, 1.54) is 6.08 Å². The van der Waals surface area contributed by atoms with E-state index in [0.717, 1.165) is 24.5 Å². The molecule has 20 heavy (non-hydrogen) atoms. The second-order valence-electron chi connectivity index (χ2n) is 4.71. The van der Waals surface area contributed by atoms with Gasteiger partial charge in [0.1, 0.15) is 11.8 Å². The van der Waals surface area contributed by atoms with Crippen molar-refractivity contribution in [3.8, 4) is 11.8 Å². The molecule has 0 aliphatic rings. The van der Waals surface area contributed by atoms with Crippen molar-refractivity contribution in [1.82, 2.24) is 0 Å². The highest BCUT2D eigenvalue weighted by atomic mass is 16.5. The van der Waals surface area contributed by atoms with E-state index in [4.69, 9.17) is 9.84 Å². The van der Waals surface area contributed by atoms with Crippen molar-refractivity contribution in [2.24, 2.45) is 5.92 Å². The van der Waals surface area contributed by atoms with E-state index in [1.54, 1.807) is 19.2 Å². The molecule has 4 nitrogen and oxygen atoms in total. The highest BCUT2D eigenvalue weighted by Crippen LogP contribution is 2.29. The maximum Gasteiger partial charge on any atom is 0.328 e. The summed E-state index contributed by atoms with van der Waals surface area (Å²) >= 11 is 0. The molecule has 1 atom stereocenters. The van der Waals surface area contributed by atoms with Gasteiger partial charge in [0.2, 0.25) is 0 Å². The minimum atomic E-state index is -1.03. The minimum Gasteiger partial charge on any atom is -0.496 e. The lowest BCUT2D eigenvalue weighted by Gasteiger charge is -2.15.